The lowest BCUT2D eigenvalue weighted by atomic mass is 9.96. The zero-order valence-corrected chi connectivity index (χ0v) is 17.3. The van der Waals surface area contributed by atoms with E-state index >= 15 is 0 Å². The number of aromatic nitrogens is 2. The highest BCUT2D eigenvalue weighted by atomic mass is 16.3. The van der Waals surface area contributed by atoms with E-state index in [0.29, 0.717) is 12.1 Å². The van der Waals surface area contributed by atoms with Gasteiger partial charge in [0.2, 0.25) is 5.91 Å². The predicted molar refractivity (Wildman–Crippen MR) is 118 cm³/mol. The van der Waals surface area contributed by atoms with Crippen LogP contribution in [0.3, 0.4) is 0 Å². The minimum Gasteiger partial charge on any atom is -0.450 e. The Hall–Kier alpha value is -2.89. The molecule has 0 spiro atoms. The number of anilines is 1. The van der Waals surface area contributed by atoms with E-state index in [2.05, 4.69) is 26.3 Å². The van der Waals surface area contributed by atoms with Gasteiger partial charge in [0, 0.05) is 25.0 Å². The molecule has 1 aromatic carbocycles. The lowest BCUT2D eigenvalue weighted by Crippen LogP contribution is -2.43. The van der Waals surface area contributed by atoms with E-state index in [1.807, 2.05) is 24.3 Å². The quantitative estimate of drug-likeness (QED) is 0.629. The molecule has 6 heteroatoms. The van der Waals surface area contributed by atoms with Gasteiger partial charge in [0.25, 0.3) is 0 Å². The van der Waals surface area contributed by atoms with Crippen LogP contribution in [0.2, 0.25) is 0 Å². The average molecular weight is 405 g/mol. The summed E-state index contributed by atoms with van der Waals surface area (Å²) in [7, 11) is 0. The normalized spacial score (nSPS) is 19.8. The number of nitrogens with one attached hydrogen (secondary N) is 1. The van der Waals surface area contributed by atoms with Gasteiger partial charge in [-0.1, -0.05) is 23.8 Å². The van der Waals surface area contributed by atoms with Crippen LogP contribution in [0.5, 0.6) is 0 Å². The van der Waals surface area contributed by atoms with E-state index in [0.717, 1.165) is 54.7 Å². The molecule has 1 aliphatic carbocycles. The molecule has 3 aromatic rings. The molecule has 2 aliphatic rings. The average Bonchev–Trinajstić information content (AvgIpc) is 3.19. The van der Waals surface area contributed by atoms with Crippen LogP contribution in [0.4, 0.5) is 5.82 Å². The van der Waals surface area contributed by atoms with Crippen LogP contribution in [0, 0.1) is 5.92 Å². The molecule has 1 fully saturated rings. The monoisotopic (exact) mass is 404 g/mol. The van der Waals surface area contributed by atoms with Crippen molar-refractivity contribution >= 4 is 33.8 Å². The van der Waals surface area contributed by atoms with Crippen molar-refractivity contribution < 1.29 is 9.21 Å². The molecule has 3 heterocycles. The Morgan fingerprint density at radius 2 is 2.13 bits per heavy atom. The lowest BCUT2D eigenvalue weighted by molar-refractivity contribution is -0.125. The van der Waals surface area contributed by atoms with Gasteiger partial charge in [-0.15, -0.1) is 0 Å². The van der Waals surface area contributed by atoms with Gasteiger partial charge in [0.15, 0.2) is 11.4 Å². The molecule has 1 amide bonds. The van der Waals surface area contributed by atoms with Crippen molar-refractivity contribution in [2.75, 3.05) is 24.5 Å². The number of carbonyl (C=O) groups is 1. The molecule has 0 bridgehead atoms. The molecule has 0 radical (unpaired) electrons. The molecule has 1 atom stereocenters. The largest absolute Gasteiger partial charge is 0.450 e. The van der Waals surface area contributed by atoms with Crippen LogP contribution in [0.1, 0.15) is 44.9 Å². The number of amides is 1. The molecule has 1 aliphatic heterocycles. The van der Waals surface area contributed by atoms with Gasteiger partial charge in [-0.3, -0.25) is 4.79 Å². The Labute approximate surface area is 176 Å². The van der Waals surface area contributed by atoms with Crippen molar-refractivity contribution in [3.63, 3.8) is 0 Å². The molecule has 0 saturated carbocycles. The Balaban J connectivity index is 1.28. The van der Waals surface area contributed by atoms with E-state index in [4.69, 9.17) is 4.42 Å². The maximum Gasteiger partial charge on any atom is 0.224 e. The van der Waals surface area contributed by atoms with E-state index in [9.17, 15) is 4.79 Å². The molecule has 30 heavy (non-hydrogen) atoms. The summed E-state index contributed by atoms with van der Waals surface area (Å²) in [5.74, 6) is 0.931. The first-order valence-electron chi connectivity index (χ1n) is 11.1. The van der Waals surface area contributed by atoms with E-state index in [1.165, 1.54) is 31.3 Å². The first-order valence-corrected chi connectivity index (χ1v) is 11.1. The number of para-hydroxylation sites is 1. The van der Waals surface area contributed by atoms with Crippen molar-refractivity contribution in [1.82, 2.24) is 15.3 Å². The summed E-state index contributed by atoms with van der Waals surface area (Å²) in [4.78, 5) is 24.0. The van der Waals surface area contributed by atoms with Crippen LogP contribution in [0.15, 0.2) is 46.7 Å². The third kappa shape index (κ3) is 3.78. The number of nitrogens with zero attached hydrogens (tertiary/aromatic N) is 3. The van der Waals surface area contributed by atoms with Crippen molar-refractivity contribution in [2.45, 2.75) is 44.9 Å². The SMILES string of the molecule is O=C(NCCC1=CCCCC1)[C@H]1CCCN(c2ncnc3c2oc2ccccc23)C1. The Bertz CT molecular complexity index is 1090. The Morgan fingerprint density at radius 3 is 3.03 bits per heavy atom. The van der Waals surface area contributed by atoms with E-state index < -0.39 is 0 Å². The number of piperidine rings is 1. The topological polar surface area (TPSA) is 71.3 Å². The van der Waals surface area contributed by atoms with Gasteiger partial charge in [-0.2, -0.15) is 0 Å². The third-order valence-electron chi connectivity index (χ3n) is 6.36. The highest BCUT2D eigenvalue weighted by Gasteiger charge is 2.28. The first kappa shape index (κ1) is 19.1. The highest BCUT2D eigenvalue weighted by molar-refractivity contribution is 6.05. The Morgan fingerprint density at radius 1 is 1.20 bits per heavy atom. The van der Waals surface area contributed by atoms with Gasteiger partial charge in [0.05, 0.1) is 5.92 Å². The molecular formula is C24H28N4O2. The second-order valence-electron chi connectivity index (χ2n) is 8.41. The summed E-state index contributed by atoms with van der Waals surface area (Å²) in [6.07, 6.45) is 11.8. The summed E-state index contributed by atoms with van der Waals surface area (Å²) in [5.41, 5.74) is 3.87. The number of hydrogen-bond donors (Lipinski definition) is 1. The van der Waals surface area contributed by atoms with Crippen LogP contribution in [-0.2, 0) is 4.79 Å². The highest BCUT2D eigenvalue weighted by Crippen LogP contribution is 2.33. The summed E-state index contributed by atoms with van der Waals surface area (Å²) in [6.45, 7) is 2.28. The van der Waals surface area contributed by atoms with Crippen molar-refractivity contribution in [3.05, 3.63) is 42.2 Å². The standard InChI is InChI=1S/C24H28N4O2/c29-24(25-13-12-17-7-2-1-3-8-17)18-9-6-14-28(15-18)23-22-21(26-16-27-23)19-10-4-5-11-20(19)30-22/h4-5,7,10-11,16,18H,1-3,6,8-9,12-15H2,(H,25,29)/t18-/m0/s1. The zero-order valence-electron chi connectivity index (χ0n) is 17.3. The van der Waals surface area contributed by atoms with E-state index in [-0.39, 0.29) is 11.8 Å². The zero-order chi connectivity index (χ0) is 20.3. The number of fused-ring (bicyclic) bond motifs is 3. The van der Waals surface area contributed by atoms with Gasteiger partial charge in [0.1, 0.15) is 17.4 Å². The first-order chi connectivity index (χ1) is 14.8. The molecule has 6 nitrogen and oxygen atoms in total. The summed E-state index contributed by atoms with van der Waals surface area (Å²) >= 11 is 0. The second kappa shape index (κ2) is 8.46. The molecule has 2 aromatic heterocycles. The van der Waals surface area contributed by atoms with Crippen molar-refractivity contribution in [1.29, 1.82) is 0 Å². The van der Waals surface area contributed by atoms with Crippen molar-refractivity contribution in [3.8, 4) is 0 Å². The number of allylic oxidation sites excluding steroid dienone is 1. The predicted octanol–water partition coefficient (Wildman–Crippen LogP) is 4.60. The number of furan rings is 1. The minimum absolute atomic E-state index is 0.0199. The fourth-order valence-electron chi connectivity index (χ4n) is 4.74. The van der Waals surface area contributed by atoms with Crippen LogP contribution >= 0.6 is 0 Å². The van der Waals surface area contributed by atoms with E-state index in [1.54, 1.807) is 6.33 Å². The molecule has 156 valence electrons. The molecule has 5 rings (SSSR count). The smallest absolute Gasteiger partial charge is 0.224 e. The summed E-state index contributed by atoms with van der Waals surface area (Å²) in [6, 6.07) is 7.92. The molecule has 1 saturated heterocycles. The minimum atomic E-state index is -0.0199. The molecule has 1 N–H and O–H groups in total. The number of benzene rings is 1. The Kier molecular flexibility index (Phi) is 5.39. The third-order valence-corrected chi connectivity index (χ3v) is 6.36. The van der Waals surface area contributed by atoms with Gasteiger partial charge >= 0.3 is 0 Å². The number of rotatable bonds is 5. The number of hydrogen-bond acceptors (Lipinski definition) is 5. The summed E-state index contributed by atoms with van der Waals surface area (Å²) < 4.78 is 6.09. The lowest BCUT2D eigenvalue weighted by Gasteiger charge is -2.32. The van der Waals surface area contributed by atoms with Crippen LogP contribution in [-0.4, -0.2) is 35.5 Å². The van der Waals surface area contributed by atoms with Crippen LogP contribution < -0.4 is 10.2 Å². The number of carbonyl (C=O) groups excluding carboxylic acids is 1. The van der Waals surface area contributed by atoms with Gasteiger partial charge < -0.3 is 14.6 Å². The molecule has 0 unspecified atom stereocenters. The fraction of sp³-hybridized carbons (Fsp3) is 0.458. The van der Waals surface area contributed by atoms with Crippen molar-refractivity contribution in [2.24, 2.45) is 5.92 Å². The van der Waals surface area contributed by atoms with Gasteiger partial charge in [-0.05, 0) is 57.1 Å². The second-order valence-corrected chi connectivity index (χ2v) is 8.41. The maximum absolute atomic E-state index is 12.8. The maximum atomic E-state index is 12.8. The fourth-order valence-corrected chi connectivity index (χ4v) is 4.74. The summed E-state index contributed by atoms with van der Waals surface area (Å²) in [5, 5.41) is 4.17. The van der Waals surface area contributed by atoms with Gasteiger partial charge in [-0.25, -0.2) is 9.97 Å². The van der Waals surface area contributed by atoms with Crippen LogP contribution in [0.25, 0.3) is 22.1 Å². The molecular weight excluding hydrogens is 376 g/mol.